The first kappa shape index (κ1) is 13.2. The number of hydrogen-bond donors (Lipinski definition) is 1. The second-order valence-electron chi connectivity index (χ2n) is 6.05. The number of halogens is 1. The number of nitrogens with two attached hydrogens (primary N) is 1. The van der Waals surface area contributed by atoms with Gasteiger partial charge >= 0.3 is 0 Å². The van der Waals surface area contributed by atoms with E-state index < -0.39 is 0 Å². The van der Waals surface area contributed by atoms with Crippen LogP contribution < -0.4 is 5.73 Å². The van der Waals surface area contributed by atoms with E-state index in [1.54, 1.807) is 5.57 Å². The van der Waals surface area contributed by atoms with Gasteiger partial charge in [0.15, 0.2) is 0 Å². The van der Waals surface area contributed by atoms with Crippen molar-refractivity contribution in [1.29, 1.82) is 0 Å². The van der Waals surface area contributed by atoms with E-state index in [2.05, 4.69) is 26.0 Å². The molecule has 1 unspecified atom stereocenters. The summed E-state index contributed by atoms with van der Waals surface area (Å²) in [7, 11) is 0. The molecule has 17 heavy (non-hydrogen) atoms. The molecule has 0 spiro atoms. The van der Waals surface area contributed by atoms with E-state index in [9.17, 15) is 0 Å². The first-order valence-electron chi connectivity index (χ1n) is 6.86. The van der Waals surface area contributed by atoms with Crippen molar-refractivity contribution < 1.29 is 0 Å². The lowest BCUT2D eigenvalue weighted by Crippen LogP contribution is -2.48. The molecule has 0 aromatic heterocycles. The Hall–Kier alpha value is -0.270. The molecule has 2 heteroatoms. The topological polar surface area (TPSA) is 26.0 Å². The van der Waals surface area contributed by atoms with E-state index in [4.69, 9.17) is 17.3 Å². The Morgan fingerprint density at radius 3 is 2.41 bits per heavy atom. The quantitative estimate of drug-likeness (QED) is 0.791. The predicted molar refractivity (Wildman–Crippen MR) is 75.0 cm³/mol. The van der Waals surface area contributed by atoms with Gasteiger partial charge in [-0.3, -0.25) is 0 Å². The van der Waals surface area contributed by atoms with Gasteiger partial charge in [-0.1, -0.05) is 43.5 Å². The summed E-state index contributed by atoms with van der Waals surface area (Å²) in [5.41, 5.74) is 8.35. The van der Waals surface area contributed by atoms with Crippen LogP contribution in [0.2, 0.25) is 0 Å². The fourth-order valence-electron chi connectivity index (χ4n) is 3.25. The molecular weight excluding hydrogens is 230 g/mol. The minimum Gasteiger partial charge on any atom is -0.327 e. The second kappa shape index (κ2) is 5.16. The SMILES string of the molecule is CC(C)CC(N)C1(C2=CC=C(Cl)CC2)CCC1. The van der Waals surface area contributed by atoms with E-state index in [-0.39, 0.29) is 0 Å². The Morgan fingerprint density at radius 1 is 1.29 bits per heavy atom. The van der Waals surface area contributed by atoms with Crippen LogP contribution >= 0.6 is 11.6 Å². The summed E-state index contributed by atoms with van der Waals surface area (Å²) in [4.78, 5) is 0. The van der Waals surface area contributed by atoms with Crippen LogP contribution in [0.5, 0.6) is 0 Å². The monoisotopic (exact) mass is 253 g/mol. The molecule has 1 saturated carbocycles. The fraction of sp³-hybridized carbons (Fsp3) is 0.733. The van der Waals surface area contributed by atoms with Crippen LogP contribution in [0.1, 0.15) is 52.4 Å². The van der Waals surface area contributed by atoms with E-state index >= 15 is 0 Å². The summed E-state index contributed by atoms with van der Waals surface area (Å²) in [6, 6.07) is 0.327. The summed E-state index contributed by atoms with van der Waals surface area (Å²) in [5.74, 6) is 0.686. The Balaban J connectivity index is 2.14. The maximum absolute atomic E-state index is 6.49. The van der Waals surface area contributed by atoms with Gasteiger partial charge in [0.1, 0.15) is 0 Å². The summed E-state index contributed by atoms with van der Waals surface area (Å²) in [5, 5.41) is 0.987. The van der Waals surface area contributed by atoms with Gasteiger partial charge in [0, 0.05) is 16.5 Å². The maximum Gasteiger partial charge on any atom is 0.0184 e. The van der Waals surface area contributed by atoms with E-state index in [1.165, 1.54) is 19.3 Å². The minimum absolute atomic E-state index is 0.304. The second-order valence-corrected chi connectivity index (χ2v) is 6.54. The van der Waals surface area contributed by atoms with Crippen LogP contribution in [0.4, 0.5) is 0 Å². The predicted octanol–water partition coefficient (Wildman–Crippen LogP) is 4.37. The van der Waals surface area contributed by atoms with E-state index in [0.717, 1.165) is 24.3 Å². The van der Waals surface area contributed by atoms with Crippen LogP contribution in [0.3, 0.4) is 0 Å². The van der Waals surface area contributed by atoms with Gasteiger partial charge < -0.3 is 5.73 Å². The largest absolute Gasteiger partial charge is 0.327 e. The van der Waals surface area contributed by atoms with Crippen molar-refractivity contribution in [2.45, 2.75) is 58.4 Å². The van der Waals surface area contributed by atoms with Crippen LogP contribution in [0, 0.1) is 11.3 Å². The summed E-state index contributed by atoms with van der Waals surface area (Å²) in [6.07, 6.45) is 11.4. The molecule has 1 atom stereocenters. The molecule has 2 aliphatic carbocycles. The van der Waals surface area contributed by atoms with Crippen molar-refractivity contribution in [2.75, 3.05) is 0 Å². The smallest absolute Gasteiger partial charge is 0.0184 e. The molecular formula is C15H24ClN. The Kier molecular flexibility index (Phi) is 3.99. The van der Waals surface area contributed by atoms with Gasteiger partial charge in [0.25, 0.3) is 0 Å². The van der Waals surface area contributed by atoms with Crippen LogP contribution in [-0.4, -0.2) is 6.04 Å². The molecule has 0 aliphatic heterocycles. The molecule has 0 saturated heterocycles. The molecule has 1 nitrogen and oxygen atoms in total. The van der Waals surface area contributed by atoms with Crippen molar-refractivity contribution >= 4 is 11.6 Å². The van der Waals surface area contributed by atoms with E-state index in [1.807, 2.05) is 0 Å². The van der Waals surface area contributed by atoms with Crippen molar-refractivity contribution in [2.24, 2.45) is 17.1 Å². The third kappa shape index (κ3) is 2.61. The number of rotatable bonds is 4. The fourth-order valence-corrected chi connectivity index (χ4v) is 3.41. The van der Waals surface area contributed by atoms with Gasteiger partial charge in [-0.05, 0) is 44.1 Å². The van der Waals surface area contributed by atoms with Crippen molar-refractivity contribution in [3.05, 3.63) is 22.8 Å². The standard InChI is InChI=1S/C15H24ClN/c1-11(2)10-14(17)15(8-3-9-15)12-4-6-13(16)7-5-12/h4,6,11,14H,3,5,7-10,17H2,1-2H3. The zero-order chi connectivity index (χ0) is 12.5. The van der Waals surface area contributed by atoms with Gasteiger partial charge in [-0.2, -0.15) is 0 Å². The number of allylic oxidation sites excluding steroid dienone is 3. The molecule has 0 radical (unpaired) electrons. The molecule has 0 amide bonds. The van der Waals surface area contributed by atoms with Crippen LogP contribution in [0.25, 0.3) is 0 Å². The lowest BCUT2D eigenvalue weighted by Gasteiger charge is -2.49. The number of hydrogen-bond acceptors (Lipinski definition) is 1. The highest BCUT2D eigenvalue weighted by Crippen LogP contribution is 2.52. The highest BCUT2D eigenvalue weighted by molar-refractivity contribution is 6.29. The minimum atomic E-state index is 0.304. The first-order valence-corrected chi connectivity index (χ1v) is 7.24. The van der Waals surface area contributed by atoms with Crippen molar-refractivity contribution in [3.8, 4) is 0 Å². The van der Waals surface area contributed by atoms with Gasteiger partial charge in [-0.25, -0.2) is 0 Å². The Labute approximate surface area is 110 Å². The zero-order valence-corrected chi connectivity index (χ0v) is 11.8. The molecule has 0 aromatic carbocycles. The maximum atomic E-state index is 6.49. The lowest BCUT2D eigenvalue weighted by atomic mass is 9.57. The third-order valence-electron chi connectivity index (χ3n) is 4.42. The molecule has 0 bridgehead atoms. The van der Waals surface area contributed by atoms with Crippen molar-refractivity contribution in [1.82, 2.24) is 0 Å². The van der Waals surface area contributed by atoms with Gasteiger partial charge in [0.2, 0.25) is 0 Å². The molecule has 96 valence electrons. The molecule has 0 aromatic rings. The summed E-state index contributed by atoms with van der Waals surface area (Å²) >= 11 is 6.04. The molecule has 2 rings (SSSR count). The average molecular weight is 254 g/mol. The van der Waals surface area contributed by atoms with Crippen molar-refractivity contribution in [3.63, 3.8) is 0 Å². The summed E-state index contributed by atoms with van der Waals surface area (Å²) < 4.78 is 0. The van der Waals surface area contributed by atoms with Gasteiger partial charge in [-0.15, -0.1) is 0 Å². The lowest BCUT2D eigenvalue weighted by molar-refractivity contribution is 0.123. The molecule has 2 N–H and O–H groups in total. The van der Waals surface area contributed by atoms with E-state index in [0.29, 0.717) is 17.4 Å². The highest BCUT2D eigenvalue weighted by Gasteiger charge is 2.45. The third-order valence-corrected chi connectivity index (χ3v) is 4.73. The first-order chi connectivity index (χ1) is 8.04. The van der Waals surface area contributed by atoms with Crippen LogP contribution in [-0.2, 0) is 0 Å². The molecule has 2 aliphatic rings. The zero-order valence-electron chi connectivity index (χ0n) is 11.0. The normalized spacial score (nSPS) is 25.0. The molecule has 0 heterocycles. The Morgan fingerprint density at radius 2 is 2.00 bits per heavy atom. The summed E-state index contributed by atoms with van der Waals surface area (Å²) in [6.45, 7) is 4.52. The van der Waals surface area contributed by atoms with Crippen LogP contribution in [0.15, 0.2) is 22.8 Å². The Bertz CT molecular complexity index is 337. The van der Waals surface area contributed by atoms with Gasteiger partial charge in [0.05, 0.1) is 0 Å². The average Bonchev–Trinajstić information content (AvgIpc) is 2.18. The molecule has 1 fully saturated rings. The highest BCUT2D eigenvalue weighted by atomic mass is 35.5.